The molecule has 0 aliphatic rings. The molecule has 0 saturated heterocycles. The van der Waals surface area contributed by atoms with E-state index >= 15 is 0 Å². The molecule has 0 amide bonds. The summed E-state index contributed by atoms with van der Waals surface area (Å²) < 4.78 is 41.8. The molecule has 0 saturated carbocycles. The second-order valence-corrected chi connectivity index (χ2v) is 7.02. The van der Waals surface area contributed by atoms with Crippen molar-refractivity contribution < 1.29 is 13.2 Å². The third-order valence-corrected chi connectivity index (χ3v) is 4.93. The Morgan fingerprint density at radius 1 is 1.26 bits per heavy atom. The van der Waals surface area contributed by atoms with Gasteiger partial charge in [0.25, 0.3) is 5.56 Å². The van der Waals surface area contributed by atoms with Crippen molar-refractivity contribution in [2.24, 2.45) is 7.05 Å². The molecule has 4 aromatic heterocycles. The van der Waals surface area contributed by atoms with E-state index < -0.39 is 11.7 Å². The number of hydrogen-bond acceptors (Lipinski definition) is 5. The number of halogens is 3. The normalized spacial score (nSPS) is 12.3. The number of imidazole rings is 1. The van der Waals surface area contributed by atoms with Gasteiger partial charge in [-0.2, -0.15) is 17.7 Å². The second kappa shape index (κ2) is 6.12. The molecule has 140 valence electrons. The first-order chi connectivity index (χ1) is 12.8. The lowest BCUT2D eigenvalue weighted by Gasteiger charge is -2.05. The Labute approximate surface area is 154 Å². The summed E-state index contributed by atoms with van der Waals surface area (Å²) >= 11 is 1.45. The number of pyridine rings is 1. The standard InChI is InChI=1S/C16H13F3N6OS/c1-3-27-15-11(13-20-5-4-10(26)25(13)23-15)14-22-9-6-8(16(17,18)19)7-21-12(9)24(14)2/h4-7,23H,3H2,1-2H3. The Hall–Kier alpha value is -2.82. The van der Waals surface area contributed by atoms with Crippen LogP contribution in [0.1, 0.15) is 12.5 Å². The fourth-order valence-electron chi connectivity index (χ4n) is 2.86. The highest BCUT2D eigenvalue weighted by atomic mass is 32.2. The average Bonchev–Trinajstić information content (AvgIpc) is 3.13. The molecule has 7 nitrogen and oxygen atoms in total. The summed E-state index contributed by atoms with van der Waals surface area (Å²) in [5.41, 5.74) is 0.175. The van der Waals surface area contributed by atoms with Crippen LogP contribution in [0.2, 0.25) is 0 Å². The number of nitrogens with zero attached hydrogens (tertiary/aromatic N) is 5. The number of alkyl halides is 3. The molecule has 0 atom stereocenters. The molecule has 4 aromatic rings. The number of aryl methyl sites for hydroxylation is 1. The van der Waals surface area contributed by atoms with Crippen molar-refractivity contribution in [3.05, 3.63) is 40.4 Å². The Morgan fingerprint density at radius 2 is 2.04 bits per heavy atom. The van der Waals surface area contributed by atoms with Crippen LogP contribution in [0.5, 0.6) is 0 Å². The summed E-state index contributed by atoms with van der Waals surface area (Å²) in [7, 11) is 1.66. The smallest absolute Gasteiger partial charge is 0.312 e. The largest absolute Gasteiger partial charge is 0.417 e. The van der Waals surface area contributed by atoms with Crippen LogP contribution in [0.4, 0.5) is 13.2 Å². The first-order valence-electron chi connectivity index (χ1n) is 7.94. The van der Waals surface area contributed by atoms with Gasteiger partial charge in [0.1, 0.15) is 16.4 Å². The molecule has 11 heteroatoms. The molecule has 4 heterocycles. The molecule has 0 bridgehead atoms. The van der Waals surface area contributed by atoms with E-state index in [-0.39, 0.29) is 11.1 Å². The minimum absolute atomic E-state index is 0.118. The summed E-state index contributed by atoms with van der Waals surface area (Å²) in [5, 5.41) is 3.65. The molecule has 0 radical (unpaired) electrons. The molecule has 0 aliphatic heterocycles. The monoisotopic (exact) mass is 394 g/mol. The van der Waals surface area contributed by atoms with E-state index in [1.165, 1.54) is 28.5 Å². The molecule has 0 spiro atoms. The SMILES string of the molecule is CCSc1[nH]n2c(=O)ccnc2c1-c1nc2cc(C(F)(F)F)cnc2n1C. The maximum atomic E-state index is 13.0. The van der Waals surface area contributed by atoms with Crippen LogP contribution in [-0.2, 0) is 13.2 Å². The van der Waals surface area contributed by atoms with Crippen molar-refractivity contribution in [2.75, 3.05) is 5.75 Å². The lowest BCUT2D eigenvalue weighted by atomic mass is 10.2. The van der Waals surface area contributed by atoms with Crippen molar-refractivity contribution in [2.45, 2.75) is 18.1 Å². The highest BCUT2D eigenvalue weighted by Gasteiger charge is 2.32. The maximum Gasteiger partial charge on any atom is 0.417 e. The highest BCUT2D eigenvalue weighted by Crippen LogP contribution is 2.35. The minimum Gasteiger partial charge on any atom is -0.312 e. The van der Waals surface area contributed by atoms with Crippen molar-refractivity contribution >= 4 is 28.6 Å². The van der Waals surface area contributed by atoms with E-state index in [9.17, 15) is 18.0 Å². The molecule has 0 aromatic carbocycles. The summed E-state index contributed by atoms with van der Waals surface area (Å²) in [5.74, 6) is 1.10. The van der Waals surface area contributed by atoms with Gasteiger partial charge < -0.3 is 4.57 Å². The topological polar surface area (TPSA) is 80.9 Å². The third kappa shape index (κ3) is 2.78. The lowest BCUT2D eigenvalue weighted by Crippen LogP contribution is -2.12. The number of hydrogen-bond donors (Lipinski definition) is 1. The maximum absolute atomic E-state index is 13.0. The summed E-state index contributed by atoms with van der Waals surface area (Å²) in [6.45, 7) is 1.95. The predicted molar refractivity (Wildman–Crippen MR) is 94.7 cm³/mol. The van der Waals surface area contributed by atoms with Gasteiger partial charge in [0.2, 0.25) is 0 Å². The van der Waals surface area contributed by atoms with E-state index in [0.29, 0.717) is 27.7 Å². The fourth-order valence-corrected chi connectivity index (χ4v) is 3.63. The lowest BCUT2D eigenvalue weighted by molar-refractivity contribution is -0.137. The third-order valence-electron chi connectivity index (χ3n) is 4.06. The van der Waals surface area contributed by atoms with E-state index in [4.69, 9.17) is 0 Å². The van der Waals surface area contributed by atoms with Gasteiger partial charge in [-0.3, -0.25) is 9.89 Å². The Balaban J connectivity index is 2.02. The quantitative estimate of drug-likeness (QED) is 0.540. The number of thioether (sulfide) groups is 1. The summed E-state index contributed by atoms with van der Waals surface area (Å²) in [4.78, 5) is 24.7. The zero-order valence-corrected chi connectivity index (χ0v) is 15.0. The van der Waals surface area contributed by atoms with Crippen molar-refractivity contribution in [3.63, 3.8) is 0 Å². The molecule has 0 aliphatic carbocycles. The van der Waals surface area contributed by atoms with Crippen LogP contribution in [0.15, 0.2) is 34.3 Å². The van der Waals surface area contributed by atoms with Crippen LogP contribution in [0.3, 0.4) is 0 Å². The van der Waals surface area contributed by atoms with E-state index in [0.717, 1.165) is 18.0 Å². The van der Waals surface area contributed by atoms with Crippen LogP contribution < -0.4 is 5.56 Å². The summed E-state index contributed by atoms with van der Waals surface area (Å²) in [6.07, 6.45) is -2.33. The Morgan fingerprint density at radius 3 is 2.74 bits per heavy atom. The van der Waals surface area contributed by atoms with Gasteiger partial charge in [-0.1, -0.05) is 6.92 Å². The zero-order chi connectivity index (χ0) is 19.3. The Kier molecular flexibility index (Phi) is 3.98. The second-order valence-electron chi connectivity index (χ2n) is 5.75. The average molecular weight is 394 g/mol. The highest BCUT2D eigenvalue weighted by molar-refractivity contribution is 7.99. The van der Waals surface area contributed by atoms with Gasteiger partial charge in [0.15, 0.2) is 11.3 Å². The van der Waals surface area contributed by atoms with Crippen LogP contribution >= 0.6 is 11.8 Å². The minimum atomic E-state index is -4.50. The molecule has 1 N–H and O–H groups in total. The van der Waals surface area contributed by atoms with Crippen molar-refractivity contribution in [1.82, 2.24) is 29.1 Å². The summed E-state index contributed by atoms with van der Waals surface area (Å²) in [6, 6.07) is 2.28. The van der Waals surface area contributed by atoms with E-state index in [2.05, 4.69) is 20.1 Å². The van der Waals surface area contributed by atoms with Gasteiger partial charge in [0, 0.05) is 25.5 Å². The predicted octanol–water partition coefficient (Wildman–Crippen LogP) is 3.10. The number of aromatic nitrogens is 6. The van der Waals surface area contributed by atoms with Crippen LogP contribution in [-0.4, -0.2) is 34.9 Å². The van der Waals surface area contributed by atoms with Gasteiger partial charge in [-0.15, -0.1) is 11.8 Å². The first-order valence-corrected chi connectivity index (χ1v) is 8.92. The van der Waals surface area contributed by atoms with E-state index in [1.54, 1.807) is 11.6 Å². The number of rotatable bonds is 3. The van der Waals surface area contributed by atoms with Crippen molar-refractivity contribution in [1.29, 1.82) is 0 Å². The van der Waals surface area contributed by atoms with E-state index in [1.807, 2.05) is 6.92 Å². The molecule has 4 rings (SSSR count). The van der Waals surface area contributed by atoms with Gasteiger partial charge in [0.05, 0.1) is 11.1 Å². The van der Waals surface area contributed by atoms with Gasteiger partial charge in [-0.05, 0) is 11.8 Å². The fraction of sp³-hybridized carbons (Fsp3) is 0.250. The van der Waals surface area contributed by atoms with Gasteiger partial charge >= 0.3 is 6.18 Å². The zero-order valence-electron chi connectivity index (χ0n) is 14.2. The van der Waals surface area contributed by atoms with Crippen LogP contribution in [0.25, 0.3) is 28.2 Å². The van der Waals surface area contributed by atoms with Crippen molar-refractivity contribution in [3.8, 4) is 11.4 Å². The number of nitrogens with one attached hydrogen (secondary N) is 1. The number of H-pyrrole nitrogens is 1. The molecule has 0 unspecified atom stereocenters. The number of aromatic amines is 1. The molecular weight excluding hydrogens is 381 g/mol. The first kappa shape index (κ1) is 17.6. The Bertz CT molecular complexity index is 1220. The molecule has 27 heavy (non-hydrogen) atoms. The van der Waals surface area contributed by atoms with Gasteiger partial charge in [-0.25, -0.2) is 15.0 Å². The van der Waals surface area contributed by atoms with Crippen LogP contribution in [0, 0.1) is 0 Å². The number of fused-ring (bicyclic) bond motifs is 2. The molecule has 0 fully saturated rings. The molecular formula is C16H13F3N6OS.